The van der Waals surface area contributed by atoms with Crippen LogP contribution in [0.1, 0.15) is 52.4 Å². The molecule has 14 nitrogen and oxygen atoms in total. The Kier molecular flexibility index (Phi) is 14.3. The van der Waals surface area contributed by atoms with Crippen molar-refractivity contribution in [2.24, 2.45) is 5.84 Å². The van der Waals surface area contributed by atoms with Gasteiger partial charge in [-0.25, -0.2) is 9.80 Å². The smallest absolute Gasteiger partial charge is 0.411 e. The molecule has 1 fully saturated rings. The molecule has 0 aliphatic carbocycles. The van der Waals surface area contributed by atoms with Crippen molar-refractivity contribution >= 4 is 45.9 Å². The van der Waals surface area contributed by atoms with Gasteiger partial charge in [-0.15, -0.1) is 0 Å². The van der Waals surface area contributed by atoms with Gasteiger partial charge in [-0.3, -0.25) is 25.5 Å². The zero-order valence-electron chi connectivity index (χ0n) is 35.4. The zero-order chi connectivity index (χ0) is 44.5. The number of para-hydroxylation sites is 1. The van der Waals surface area contributed by atoms with E-state index in [9.17, 15) is 29.4 Å². The summed E-state index contributed by atoms with van der Waals surface area (Å²) < 4.78 is 5.79. The number of H-pyrrole nitrogens is 1. The molecule has 1 atom stereocenters. The van der Waals surface area contributed by atoms with Crippen molar-refractivity contribution in [3.05, 3.63) is 154 Å². The Labute approximate surface area is 365 Å². The molecule has 1 aliphatic heterocycles. The minimum Gasteiger partial charge on any atom is -0.506 e. The van der Waals surface area contributed by atoms with Gasteiger partial charge in [0.2, 0.25) is 11.5 Å². The first kappa shape index (κ1) is 44.2. The fourth-order valence-electron chi connectivity index (χ4n) is 7.86. The number of aromatic amines is 1. The first-order chi connectivity index (χ1) is 30.4. The van der Waals surface area contributed by atoms with Crippen LogP contribution in [0.5, 0.6) is 5.75 Å². The fraction of sp³-hybridized carbons (Fsp3) is 0.265. The first-order valence-electron chi connectivity index (χ1n) is 21.1. The molecule has 2 heterocycles. The van der Waals surface area contributed by atoms with E-state index in [2.05, 4.69) is 20.5 Å². The second-order valence-electron chi connectivity index (χ2n) is 15.9. The van der Waals surface area contributed by atoms with Crippen LogP contribution >= 0.6 is 0 Å². The highest BCUT2D eigenvalue weighted by Crippen LogP contribution is 2.30. The number of hydrogen-bond donors (Lipinski definition) is 6. The van der Waals surface area contributed by atoms with E-state index in [1.54, 1.807) is 36.2 Å². The Morgan fingerprint density at radius 2 is 1.63 bits per heavy atom. The van der Waals surface area contributed by atoms with E-state index < -0.39 is 12.2 Å². The number of piperidine rings is 1. The highest BCUT2D eigenvalue weighted by atomic mass is 16.6. The zero-order valence-corrected chi connectivity index (χ0v) is 35.4. The molecule has 1 saturated heterocycles. The number of aromatic hydroxyl groups is 1. The monoisotopic (exact) mass is 851 g/mol. The van der Waals surface area contributed by atoms with Crippen molar-refractivity contribution < 1.29 is 29.3 Å². The van der Waals surface area contributed by atoms with E-state index >= 15 is 0 Å². The second-order valence-corrected chi connectivity index (χ2v) is 15.9. The number of likely N-dealkylation sites (tertiary alicyclic amines) is 1. The number of phenolic OH excluding ortho intramolecular Hbond substituents is 1. The van der Waals surface area contributed by atoms with Crippen LogP contribution in [-0.2, 0) is 16.0 Å². The first-order valence-corrected chi connectivity index (χ1v) is 21.1. The molecule has 326 valence electrons. The van der Waals surface area contributed by atoms with Crippen LogP contribution in [0.2, 0.25) is 0 Å². The predicted octanol–water partition coefficient (Wildman–Crippen LogP) is 6.98. The second kappa shape index (κ2) is 20.4. The molecule has 7 rings (SSSR count). The number of aliphatic hydroxyl groups excluding tert-OH is 1. The van der Waals surface area contributed by atoms with Crippen LogP contribution in [0, 0.1) is 6.92 Å². The number of nitrogens with two attached hydrogens (primary N) is 1. The normalized spacial score (nSPS) is 13.7. The molecular weight excluding hydrogens is 799 g/mol. The van der Waals surface area contributed by atoms with Gasteiger partial charge in [0.1, 0.15) is 11.9 Å². The number of amides is 3. The van der Waals surface area contributed by atoms with Crippen molar-refractivity contribution in [2.75, 3.05) is 55.3 Å². The number of aliphatic hydroxyl groups is 1. The molecule has 7 N–H and O–H groups in total. The number of aromatic nitrogens is 1. The van der Waals surface area contributed by atoms with Crippen molar-refractivity contribution in [3.63, 3.8) is 0 Å². The number of aryl methyl sites for hydroxylation is 1. The number of phenols is 1. The maximum Gasteiger partial charge on any atom is 0.411 e. The maximum atomic E-state index is 13.4. The summed E-state index contributed by atoms with van der Waals surface area (Å²) in [5.41, 5.74) is 6.57. The highest BCUT2D eigenvalue weighted by molar-refractivity contribution is 6.06. The van der Waals surface area contributed by atoms with Gasteiger partial charge in [0.15, 0.2) is 0 Å². The minimum absolute atomic E-state index is 0.0713. The number of rotatable bonds is 15. The summed E-state index contributed by atoms with van der Waals surface area (Å²) in [4.78, 5) is 57.8. The summed E-state index contributed by atoms with van der Waals surface area (Å²) in [6.07, 6.45) is 0.549. The maximum absolute atomic E-state index is 13.4. The van der Waals surface area contributed by atoms with Gasteiger partial charge in [0.25, 0.3) is 5.91 Å². The van der Waals surface area contributed by atoms with Gasteiger partial charge in [0.05, 0.1) is 17.3 Å². The number of benzene rings is 5. The third-order valence-corrected chi connectivity index (χ3v) is 11.5. The van der Waals surface area contributed by atoms with Crippen molar-refractivity contribution in [1.82, 2.24) is 14.9 Å². The van der Waals surface area contributed by atoms with E-state index in [1.807, 2.05) is 91.9 Å². The summed E-state index contributed by atoms with van der Waals surface area (Å²) >= 11 is 0. The molecule has 5 aromatic carbocycles. The lowest BCUT2D eigenvalue weighted by Crippen LogP contribution is -2.40. The third kappa shape index (κ3) is 11.4. The standard InChI is InChI=1S/C49H53N7O7/c1-32-12-15-35(48(61)51-36-16-13-33(14-17-36)22-29-56(50)31-44(58)39-18-20-43(57)47-40(39)19-21-45(59)53-47)30-42(32)54(2)46(60)25-28-55-26-23-37(24-27-55)63-49(62)52-41-11-7-6-10-38(41)34-8-4-3-5-9-34/h3-21,30,37,44,57-58H,22-29,31,50H2,1-2H3,(H,51,61)(H,52,62)(H,53,59)/t44-/m0/s1. The number of nitrogens with one attached hydrogen (secondary N) is 3. The summed E-state index contributed by atoms with van der Waals surface area (Å²) in [7, 11) is 1.72. The average molecular weight is 852 g/mol. The SMILES string of the molecule is Cc1ccc(C(=O)Nc2ccc(CCN(N)C[C@H](O)c3ccc(O)c4[nH]c(=O)ccc34)cc2)cc1N(C)C(=O)CCN1CCC(OC(=O)Nc2ccccc2-c2ccccc2)CC1. The summed E-state index contributed by atoms with van der Waals surface area (Å²) in [5, 5.41) is 29.0. The van der Waals surface area contributed by atoms with Crippen molar-refractivity contribution in [1.29, 1.82) is 0 Å². The highest BCUT2D eigenvalue weighted by Gasteiger charge is 2.24. The van der Waals surface area contributed by atoms with Crippen LogP contribution in [0.15, 0.2) is 126 Å². The molecule has 63 heavy (non-hydrogen) atoms. The van der Waals surface area contributed by atoms with E-state index in [0.29, 0.717) is 85.4 Å². The quantitative estimate of drug-likeness (QED) is 0.0464. The van der Waals surface area contributed by atoms with E-state index in [-0.39, 0.29) is 41.3 Å². The molecule has 6 aromatic rings. The number of hydrazine groups is 1. The van der Waals surface area contributed by atoms with Gasteiger partial charge < -0.3 is 35.1 Å². The number of nitrogens with zero attached hydrogens (tertiary/aromatic N) is 3. The Bertz CT molecular complexity index is 2610. The molecule has 0 spiro atoms. The van der Waals surface area contributed by atoms with Crippen LogP contribution < -0.4 is 26.9 Å². The lowest BCUT2D eigenvalue weighted by atomic mass is 10.0. The molecule has 0 saturated carbocycles. The van der Waals surface area contributed by atoms with Gasteiger partial charge in [-0.2, -0.15) is 0 Å². The lowest BCUT2D eigenvalue weighted by Gasteiger charge is -2.32. The molecule has 14 heteroatoms. The number of carbonyl (C=O) groups excluding carboxylic acids is 3. The fourth-order valence-corrected chi connectivity index (χ4v) is 7.86. The molecule has 3 amide bonds. The van der Waals surface area contributed by atoms with E-state index in [0.717, 1.165) is 22.3 Å². The lowest BCUT2D eigenvalue weighted by molar-refractivity contribution is -0.118. The Balaban J connectivity index is 0.841. The Morgan fingerprint density at radius 3 is 2.40 bits per heavy atom. The van der Waals surface area contributed by atoms with Gasteiger partial charge in [0, 0.05) is 80.1 Å². The van der Waals surface area contributed by atoms with Crippen LogP contribution in [0.3, 0.4) is 0 Å². The van der Waals surface area contributed by atoms with Crippen LogP contribution in [0.4, 0.5) is 21.9 Å². The molecule has 1 aliphatic rings. The number of pyridine rings is 1. The van der Waals surface area contributed by atoms with Gasteiger partial charge in [-0.05, 0) is 90.9 Å². The number of anilines is 3. The van der Waals surface area contributed by atoms with Crippen LogP contribution in [-0.4, -0.2) is 88.9 Å². The van der Waals surface area contributed by atoms with Crippen LogP contribution in [0.25, 0.3) is 22.0 Å². The Morgan fingerprint density at radius 1 is 0.905 bits per heavy atom. The number of carbonyl (C=O) groups is 3. The minimum atomic E-state index is -0.962. The topological polar surface area (TPSA) is 194 Å². The molecule has 0 unspecified atom stereocenters. The Hall–Kier alpha value is -6.84. The third-order valence-electron chi connectivity index (χ3n) is 11.5. The van der Waals surface area contributed by atoms with Crippen molar-refractivity contribution in [2.45, 2.75) is 44.8 Å². The average Bonchev–Trinajstić information content (AvgIpc) is 3.29. The number of ether oxygens (including phenoxy) is 1. The molecular formula is C49H53N7O7. The van der Waals surface area contributed by atoms with E-state index in [1.165, 1.54) is 17.1 Å². The summed E-state index contributed by atoms with van der Waals surface area (Å²) in [6.45, 7) is 4.43. The van der Waals surface area contributed by atoms with Gasteiger partial charge >= 0.3 is 6.09 Å². The number of fused-ring (bicyclic) bond motifs is 1. The van der Waals surface area contributed by atoms with E-state index in [4.69, 9.17) is 10.6 Å². The largest absolute Gasteiger partial charge is 0.506 e. The summed E-state index contributed by atoms with van der Waals surface area (Å²) in [5.74, 6) is 5.79. The van der Waals surface area contributed by atoms with Gasteiger partial charge in [-0.1, -0.05) is 72.8 Å². The van der Waals surface area contributed by atoms with Crippen molar-refractivity contribution in [3.8, 4) is 16.9 Å². The molecule has 1 aromatic heterocycles. The molecule has 0 bridgehead atoms. The summed E-state index contributed by atoms with van der Waals surface area (Å²) in [6, 6.07) is 36.2. The number of hydrogen-bond acceptors (Lipinski definition) is 10. The molecule has 0 radical (unpaired) electrons. The predicted molar refractivity (Wildman–Crippen MR) is 246 cm³/mol.